The molecular formula is C25H47N6O18P3. The van der Waals surface area contributed by atoms with Gasteiger partial charge in [0.15, 0.2) is 11.7 Å². The van der Waals surface area contributed by atoms with Gasteiger partial charge in [0, 0.05) is 32.8 Å². The molecule has 300 valence electrons. The van der Waals surface area contributed by atoms with Gasteiger partial charge in [0.2, 0.25) is 12.0 Å². The first-order valence-electron chi connectivity index (χ1n) is 16.1. The average molecular weight is 813 g/mol. The molecule has 6 atom stereocenters. The minimum Gasteiger partial charge on any atom is -0.740 e. The van der Waals surface area contributed by atoms with Gasteiger partial charge in [-0.3, -0.25) is 9.09 Å². The van der Waals surface area contributed by atoms with Gasteiger partial charge in [0.25, 0.3) is 5.82 Å². The van der Waals surface area contributed by atoms with Crippen molar-refractivity contribution in [3.8, 4) is 0 Å². The summed E-state index contributed by atoms with van der Waals surface area (Å²) in [5.41, 5.74) is 5.55. The van der Waals surface area contributed by atoms with Crippen LogP contribution in [0.25, 0.3) is 11.2 Å². The van der Waals surface area contributed by atoms with E-state index in [2.05, 4.69) is 28.4 Å². The molecule has 2 aromatic rings. The van der Waals surface area contributed by atoms with Crippen LogP contribution in [0.3, 0.4) is 0 Å². The highest BCUT2D eigenvalue weighted by Crippen LogP contribution is 2.66. The highest BCUT2D eigenvalue weighted by Gasteiger charge is 2.47. The Morgan fingerprint density at radius 3 is 2.02 bits per heavy atom. The van der Waals surface area contributed by atoms with E-state index in [9.17, 15) is 38.9 Å². The lowest BCUT2D eigenvalue weighted by molar-refractivity contribution is -0.592. The first kappa shape index (κ1) is 44.6. The zero-order valence-electron chi connectivity index (χ0n) is 28.1. The normalized spacial score (nSPS) is 21.8. The summed E-state index contributed by atoms with van der Waals surface area (Å²) < 4.78 is 75.4. The molecule has 52 heavy (non-hydrogen) atoms. The third-order valence-electron chi connectivity index (χ3n) is 7.00. The maximum absolute atomic E-state index is 12.5. The standard InChI is InChI=1S/C25H47N6O18P3/c26-6-4-10-44-14-12-42-8-2-1-3-9-43-13-15-45-11-5-7-27-24-20-23(29-18-31(24)34)30(17-28-20)25-22(33)21(32)19(47-25)16-46-51(38,39)49-52(40,41)48-50(35,36)37/h17-19,21-22,25,27,32-33H,1-16,26H2,(H,38,39)(H,40,41)(H2,35,36,37). The van der Waals surface area contributed by atoms with Crippen LogP contribution in [-0.4, -0.2) is 135 Å². The molecule has 0 amide bonds. The number of fused-ring (bicyclic) bond motifs is 1. The molecular weight excluding hydrogens is 765 g/mol. The molecule has 0 aromatic carbocycles. The fraction of sp³-hybridized carbons (Fsp3) is 0.800. The predicted octanol–water partition coefficient (Wildman–Crippen LogP) is -0.585. The monoisotopic (exact) mass is 812 g/mol. The third kappa shape index (κ3) is 15.5. The largest absolute Gasteiger partial charge is 0.740 e. The molecule has 0 radical (unpaired) electrons. The number of aromatic nitrogens is 4. The number of anilines is 1. The van der Waals surface area contributed by atoms with Crippen molar-refractivity contribution in [1.29, 1.82) is 0 Å². The molecule has 9 N–H and O–H groups in total. The Labute approximate surface area is 298 Å². The molecule has 0 aliphatic carbocycles. The Balaban J connectivity index is 1.36. The van der Waals surface area contributed by atoms with Gasteiger partial charge in [-0.25, -0.2) is 23.4 Å². The Morgan fingerprint density at radius 2 is 1.42 bits per heavy atom. The summed E-state index contributed by atoms with van der Waals surface area (Å²) in [7, 11) is -16.9. The zero-order chi connectivity index (χ0) is 38.2. The Kier molecular flexibility index (Phi) is 18.8. The second-order valence-corrected chi connectivity index (χ2v) is 15.5. The summed E-state index contributed by atoms with van der Waals surface area (Å²) in [6, 6.07) is 0. The average Bonchev–Trinajstić information content (AvgIpc) is 3.60. The van der Waals surface area contributed by atoms with Crippen LogP contribution in [0.4, 0.5) is 5.82 Å². The van der Waals surface area contributed by atoms with Crippen molar-refractivity contribution < 1.29 is 85.0 Å². The minimum absolute atomic E-state index is 0.0329. The molecule has 3 heterocycles. The number of nitrogens with two attached hydrogens (primary N) is 1. The number of aliphatic hydroxyl groups excluding tert-OH is 2. The Morgan fingerprint density at radius 1 is 0.827 bits per heavy atom. The molecule has 27 heteroatoms. The number of unbranched alkanes of at least 4 members (excludes halogenated alkanes) is 2. The first-order chi connectivity index (χ1) is 24.6. The summed E-state index contributed by atoms with van der Waals surface area (Å²) in [5.74, 6) is 0.0329. The van der Waals surface area contributed by atoms with E-state index in [4.69, 9.17) is 39.2 Å². The maximum Gasteiger partial charge on any atom is 0.490 e. The van der Waals surface area contributed by atoms with Crippen LogP contribution in [0.2, 0.25) is 0 Å². The van der Waals surface area contributed by atoms with Crippen LogP contribution in [0.15, 0.2) is 12.7 Å². The number of aliphatic hydroxyl groups is 2. The second kappa shape index (κ2) is 22.0. The lowest BCUT2D eigenvalue weighted by Crippen LogP contribution is -2.34. The van der Waals surface area contributed by atoms with Crippen molar-refractivity contribution >= 4 is 40.4 Å². The first-order valence-corrected chi connectivity index (χ1v) is 20.7. The van der Waals surface area contributed by atoms with Crippen LogP contribution in [0.1, 0.15) is 38.3 Å². The summed E-state index contributed by atoms with van der Waals surface area (Å²) in [6.07, 6.45) is -0.0545. The fourth-order valence-corrected chi connectivity index (χ4v) is 7.66. The number of hydrogen-bond donors (Lipinski definition) is 8. The number of phosphoric ester groups is 1. The summed E-state index contributed by atoms with van der Waals surface area (Å²) in [5, 5.41) is 36.6. The van der Waals surface area contributed by atoms with E-state index in [1.54, 1.807) is 0 Å². The van der Waals surface area contributed by atoms with Crippen molar-refractivity contribution in [3.63, 3.8) is 0 Å². The topological polar surface area (TPSA) is 342 Å². The summed E-state index contributed by atoms with van der Waals surface area (Å²) >= 11 is 0. The van der Waals surface area contributed by atoms with Gasteiger partial charge in [0.05, 0.1) is 39.6 Å². The molecule has 0 saturated carbocycles. The quantitative estimate of drug-likeness (QED) is 0.0230. The summed E-state index contributed by atoms with van der Waals surface area (Å²) in [4.78, 5) is 44.4. The van der Waals surface area contributed by atoms with E-state index in [1.807, 2.05) is 0 Å². The van der Waals surface area contributed by atoms with Crippen LogP contribution in [-0.2, 0) is 50.5 Å². The number of imidazole rings is 1. The number of nitrogens with one attached hydrogen (secondary N) is 1. The van der Waals surface area contributed by atoms with Gasteiger partial charge in [-0.05, 0) is 32.2 Å². The Bertz CT molecular complexity index is 1500. The van der Waals surface area contributed by atoms with E-state index in [0.717, 1.165) is 32.0 Å². The van der Waals surface area contributed by atoms with Crippen LogP contribution < -0.4 is 15.8 Å². The third-order valence-corrected chi connectivity index (χ3v) is 10.8. The lowest BCUT2D eigenvalue weighted by Gasteiger charge is -2.19. The highest BCUT2D eigenvalue weighted by molar-refractivity contribution is 7.66. The van der Waals surface area contributed by atoms with Crippen molar-refractivity contribution in [2.24, 2.45) is 5.73 Å². The molecule has 1 aliphatic rings. The van der Waals surface area contributed by atoms with Gasteiger partial charge in [-0.1, -0.05) is 4.98 Å². The predicted molar refractivity (Wildman–Crippen MR) is 176 cm³/mol. The number of rotatable bonds is 28. The van der Waals surface area contributed by atoms with Crippen molar-refractivity contribution in [2.75, 3.05) is 77.9 Å². The van der Waals surface area contributed by atoms with Gasteiger partial charge >= 0.3 is 23.5 Å². The molecule has 0 spiro atoms. The minimum atomic E-state index is -5.77. The van der Waals surface area contributed by atoms with Crippen molar-refractivity contribution in [2.45, 2.75) is 56.6 Å². The SMILES string of the molecule is NCCCOCCOCCCCCOCCOCCCNc1c2ncn(C3OC(COP(=O)(O)OP(=O)(O)OP(=O)(O)O)C(O)C3O)c2nc[n+]1[O-]. The molecule has 1 saturated heterocycles. The van der Waals surface area contributed by atoms with Gasteiger partial charge in [-0.15, -0.1) is 0 Å². The summed E-state index contributed by atoms with van der Waals surface area (Å²) in [6.45, 7) is 4.24. The zero-order valence-corrected chi connectivity index (χ0v) is 30.8. The molecule has 1 fully saturated rings. The van der Waals surface area contributed by atoms with Crippen LogP contribution in [0, 0.1) is 5.21 Å². The maximum atomic E-state index is 12.5. The van der Waals surface area contributed by atoms with Gasteiger partial charge in [-0.2, -0.15) is 8.62 Å². The number of nitrogens with zero attached hydrogens (tertiary/aromatic N) is 4. The van der Waals surface area contributed by atoms with E-state index in [0.29, 0.717) is 77.1 Å². The van der Waals surface area contributed by atoms with Gasteiger partial charge < -0.3 is 69.7 Å². The molecule has 0 bridgehead atoms. The van der Waals surface area contributed by atoms with Gasteiger partial charge in [0.1, 0.15) is 24.6 Å². The van der Waals surface area contributed by atoms with Crippen molar-refractivity contribution in [3.05, 3.63) is 17.9 Å². The second-order valence-electron chi connectivity index (χ2n) is 11.1. The van der Waals surface area contributed by atoms with E-state index in [1.165, 1.54) is 10.9 Å². The molecule has 6 unspecified atom stereocenters. The van der Waals surface area contributed by atoms with Crippen LogP contribution in [0.5, 0.6) is 0 Å². The number of phosphoric acid groups is 3. The van der Waals surface area contributed by atoms with Crippen molar-refractivity contribution in [1.82, 2.24) is 14.5 Å². The molecule has 24 nitrogen and oxygen atoms in total. The smallest absolute Gasteiger partial charge is 0.490 e. The Hall–Kier alpha value is -1.76. The number of ether oxygens (including phenoxy) is 5. The lowest BCUT2D eigenvalue weighted by atomic mass is 10.1. The molecule has 3 rings (SSSR count). The fourth-order valence-electron chi connectivity index (χ4n) is 4.63. The van der Waals surface area contributed by atoms with Crippen LogP contribution >= 0.6 is 23.5 Å². The van der Waals surface area contributed by atoms with E-state index >= 15 is 0 Å². The van der Waals surface area contributed by atoms with E-state index in [-0.39, 0.29) is 17.0 Å². The number of hydrogen-bond acceptors (Lipinski definition) is 18. The van der Waals surface area contributed by atoms with E-state index < -0.39 is 54.6 Å². The highest BCUT2D eigenvalue weighted by atomic mass is 31.3. The molecule has 1 aliphatic heterocycles. The molecule has 2 aromatic heterocycles.